The summed E-state index contributed by atoms with van der Waals surface area (Å²) < 4.78 is 0. The second kappa shape index (κ2) is 10.9. The van der Waals surface area contributed by atoms with E-state index in [1.807, 2.05) is 6.08 Å². The molecule has 4 rings (SSSR count). The molecule has 0 spiro atoms. The van der Waals surface area contributed by atoms with Gasteiger partial charge in [0.15, 0.2) is 0 Å². The van der Waals surface area contributed by atoms with E-state index in [9.17, 15) is 4.79 Å². The van der Waals surface area contributed by atoms with Gasteiger partial charge in [-0.25, -0.2) is 0 Å². The summed E-state index contributed by atoms with van der Waals surface area (Å²) in [5.74, 6) is 0.863. The van der Waals surface area contributed by atoms with Gasteiger partial charge in [0.05, 0.1) is 17.3 Å². The van der Waals surface area contributed by atoms with E-state index in [0.717, 1.165) is 38.1 Å². The van der Waals surface area contributed by atoms with Gasteiger partial charge in [-0.15, -0.1) is 0 Å². The lowest BCUT2D eigenvalue weighted by Crippen LogP contribution is -2.32. The first-order valence-corrected chi connectivity index (χ1v) is 11.9. The molecular weight excluding hydrogens is 406 g/mol. The van der Waals surface area contributed by atoms with Crippen molar-refractivity contribution in [2.24, 2.45) is 5.92 Å². The molecule has 0 unspecified atom stereocenters. The topological polar surface area (TPSA) is 45.2 Å². The Hall–Kier alpha value is -2.17. The molecule has 2 aromatic rings. The van der Waals surface area contributed by atoms with Crippen LogP contribution in [0.5, 0.6) is 0 Å². The molecule has 31 heavy (non-hydrogen) atoms. The van der Waals surface area contributed by atoms with Crippen LogP contribution in [0.3, 0.4) is 0 Å². The molecule has 0 bridgehead atoms. The molecule has 164 valence electrons. The molecule has 2 heterocycles. The predicted octanol–water partition coefficient (Wildman–Crippen LogP) is 5.09. The Bertz CT molecular complexity index is 923. The molecule has 0 radical (unpaired) electrons. The minimum atomic E-state index is -0.102. The van der Waals surface area contributed by atoms with Gasteiger partial charge in [-0.2, -0.15) is 0 Å². The molecule has 1 amide bonds. The molecular formula is C26H32ClN3O. The number of hydrogen-bond donors (Lipinski definition) is 1. The summed E-state index contributed by atoms with van der Waals surface area (Å²) in [7, 11) is 0. The van der Waals surface area contributed by atoms with Gasteiger partial charge in [0.1, 0.15) is 0 Å². The molecule has 1 aromatic carbocycles. The fourth-order valence-corrected chi connectivity index (χ4v) is 4.54. The number of carbonyl (C=O) groups excluding carboxylic acids is 1. The molecule has 4 nitrogen and oxygen atoms in total. The second-order valence-electron chi connectivity index (χ2n) is 8.78. The number of benzene rings is 1. The van der Waals surface area contributed by atoms with E-state index in [4.69, 9.17) is 11.6 Å². The van der Waals surface area contributed by atoms with Crippen LogP contribution in [0, 0.1) is 5.92 Å². The molecule has 0 atom stereocenters. The van der Waals surface area contributed by atoms with Crippen LogP contribution in [0.4, 0.5) is 0 Å². The fraction of sp³-hybridized carbons (Fsp3) is 0.462. The number of nitrogens with one attached hydrogen (secondary N) is 1. The van der Waals surface area contributed by atoms with Crippen molar-refractivity contribution in [3.63, 3.8) is 0 Å². The number of halogens is 1. The average Bonchev–Trinajstić information content (AvgIpc) is 3.59. The fourth-order valence-electron chi connectivity index (χ4n) is 4.35. The first-order valence-electron chi connectivity index (χ1n) is 11.5. The van der Waals surface area contributed by atoms with E-state index < -0.39 is 0 Å². The molecule has 1 aliphatic heterocycles. The number of carbonyl (C=O) groups is 1. The van der Waals surface area contributed by atoms with Crippen molar-refractivity contribution in [1.29, 1.82) is 0 Å². The van der Waals surface area contributed by atoms with Crippen LogP contribution in [-0.4, -0.2) is 28.9 Å². The minimum Gasteiger partial charge on any atom is -0.347 e. The molecule has 1 saturated carbocycles. The van der Waals surface area contributed by atoms with E-state index in [2.05, 4.69) is 33.4 Å². The first kappa shape index (κ1) is 22.0. The SMILES string of the molecule is O=C(/C=C/CCCCc1cccc2c1CCN(CC1CC1)C2)NCc1ncccc1Cl. The summed E-state index contributed by atoms with van der Waals surface area (Å²) in [6, 6.07) is 10.4. The molecule has 1 N–H and O–H groups in total. The average molecular weight is 438 g/mol. The van der Waals surface area contributed by atoms with Crippen LogP contribution >= 0.6 is 11.6 Å². The highest BCUT2D eigenvalue weighted by Gasteiger charge is 2.26. The molecule has 5 heteroatoms. The standard InChI is InChI=1S/C26H32ClN3O/c27-24-10-6-15-28-25(24)17-29-26(31)11-4-2-1-3-7-21-8-5-9-22-19-30(16-14-23(21)22)18-20-12-13-20/h4-6,8-11,15,20H,1-3,7,12-14,16-19H2,(H,29,31)/b11-4+. The lowest BCUT2D eigenvalue weighted by molar-refractivity contribution is -0.116. The van der Waals surface area contributed by atoms with Crippen LogP contribution in [0.2, 0.25) is 5.02 Å². The van der Waals surface area contributed by atoms with Gasteiger partial charge in [-0.1, -0.05) is 35.9 Å². The third kappa shape index (κ3) is 6.65. The van der Waals surface area contributed by atoms with Crippen LogP contribution in [0.25, 0.3) is 0 Å². The third-order valence-corrected chi connectivity index (χ3v) is 6.60. The van der Waals surface area contributed by atoms with E-state index in [-0.39, 0.29) is 5.91 Å². The van der Waals surface area contributed by atoms with Crippen molar-refractivity contribution in [1.82, 2.24) is 15.2 Å². The largest absolute Gasteiger partial charge is 0.347 e. The summed E-state index contributed by atoms with van der Waals surface area (Å²) in [5, 5.41) is 3.41. The van der Waals surface area contributed by atoms with E-state index in [0.29, 0.717) is 17.3 Å². The molecule has 1 fully saturated rings. The Balaban J connectivity index is 1.16. The zero-order chi connectivity index (χ0) is 21.5. The van der Waals surface area contributed by atoms with Crippen molar-refractivity contribution < 1.29 is 4.79 Å². The number of aryl methyl sites for hydroxylation is 1. The summed E-state index contributed by atoms with van der Waals surface area (Å²) >= 11 is 6.06. The molecule has 1 aliphatic carbocycles. The second-order valence-corrected chi connectivity index (χ2v) is 9.19. The van der Waals surface area contributed by atoms with Crippen LogP contribution in [0.1, 0.15) is 54.5 Å². The number of unbranched alkanes of at least 4 members (excludes halogenated alkanes) is 2. The Morgan fingerprint density at radius 2 is 2.13 bits per heavy atom. The van der Waals surface area contributed by atoms with Gasteiger partial charge in [0, 0.05) is 25.8 Å². The molecule has 0 saturated heterocycles. The van der Waals surface area contributed by atoms with Crippen molar-refractivity contribution in [3.05, 3.63) is 76.1 Å². The van der Waals surface area contributed by atoms with Crippen molar-refractivity contribution >= 4 is 17.5 Å². The van der Waals surface area contributed by atoms with Gasteiger partial charge in [-0.05, 0) is 85.8 Å². The minimum absolute atomic E-state index is 0.102. The number of pyridine rings is 1. The smallest absolute Gasteiger partial charge is 0.243 e. The first-order chi connectivity index (χ1) is 15.2. The monoisotopic (exact) mass is 437 g/mol. The highest BCUT2D eigenvalue weighted by atomic mass is 35.5. The Morgan fingerprint density at radius 3 is 2.97 bits per heavy atom. The number of hydrogen-bond acceptors (Lipinski definition) is 3. The summed E-state index contributed by atoms with van der Waals surface area (Å²) in [4.78, 5) is 18.8. The zero-order valence-electron chi connectivity index (χ0n) is 18.2. The van der Waals surface area contributed by atoms with Gasteiger partial charge in [-0.3, -0.25) is 14.7 Å². The summed E-state index contributed by atoms with van der Waals surface area (Å²) in [6.07, 6.45) is 13.6. The number of fused-ring (bicyclic) bond motifs is 1. The Kier molecular flexibility index (Phi) is 7.76. The maximum Gasteiger partial charge on any atom is 0.243 e. The van der Waals surface area contributed by atoms with Crippen LogP contribution in [-0.2, 0) is 30.7 Å². The number of rotatable bonds is 10. The maximum absolute atomic E-state index is 12.0. The quantitative estimate of drug-likeness (QED) is 0.416. The lowest BCUT2D eigenvalue weighted by atomic mass is 9.91. The lowest BCUT2D eigenvalue weighted by Gasteiger charge is -2.30. The van der Waals surface area contributed by atoms with Gasteiger partial charge < -0.3 is 5.32 Å². The maximum atomic E-state index is 12.0. The summed E-state index contributed by atoms with van der Waals surface area (Å²) in [6.45, 7) is 3.97. The van der Waals surface area contributed by atoms with E-state index in [1.54, 1.807) is 30.0 Å². The number of allylic oxidation sites excluding steroid dienone is 1. The van der Waals surface area contributed by atoms with Crippen molar-refractivity contribution in [3.8, 4) is 0 Å². The van der Waals surface area contributed by atoms with Gasteiger partial charge in [0.2, 0.25) is 5.91 Å². The number of aromatic nitrogens is 1. The number of amides is 1. The third-order valence-electron chi connectivity index (χ3n) is 6.26. The zero-order valence-corrected chi connectivity index (χ0v) is 18.9. The molecule has 2 aliphatic rings. The Labute approximate surface area is 190 Å². The Morgan fingerprint density at radius 1 is 1.23 bits per heavy atom. The van der Waals surface area contributed by atoms with E-state index in [1.165, 1.54) is 43.5 Å². The van der Waals surface area contributed by atoms with Gasteiger partial charge in [0.25, 0.3) is 0 Å². The van der Waals surface area contributed by atoms with Crippen molar-refractivity contribution in [2.45, 2.75) is 58.0 Å². The van der Waals surface area contributed by atoms with E-state index >= 15 is 0 Å². The van der Waals surface area contributed by atoms with Gasteiger partial charge >= 0.3 is 0 Å². The number of nitrogens with zero attached hydrogens (tertiary/aromatic N) is 2. The highest BCUT2D eigenvalue weighted by Crippen LogP contribution is 2.32. The predicted molar refractivity (Wildman–Crippen MR) is 126 cm³/mol. The van der Waals surface area contributed by atoms with Crippen LogP contribution < -0.4 is 5.32 Å². The van der Waals surface area contributed by atoms with Crippen LogP contribution in [0.15, 0.2) is 48.7 Å². The molecule has 1 aromatic heterocycles. The highest BCUT2D eigenvalue weighted by molar-refractivity contribution is 6.31. The van der Waals surface area contributed by atoms with Crippen molar-refractivity contribution in [2.75, 3.05) is 13.1 Å². The summed E-state index contributed by atoms with van der Waals surface area (Å²) in [5.41, 5.74) is 5.34. The normalized spacial score (nSPS) is 16.4.